The highest BCUT2D eigenvalue weighted by Gasteiger charge is 2.11. The maximum absolute atomic E-state index is 11.5. The lowest BCUT2D eigenvalue weighted by Crippen LogP contribution is -1.98. The largest absolute Gasteiger partial charge is 0.224 e. The summed E-state index contributed by atoms with van der Waals surface area (Å²) in [4.78, 5) is 1.68. The molecule has 0 fully saturated rings. The van der Waals surface area contributed by atoms with Gasteiger partial charge >= 0.3 is 0 Å². The third-order valence-corrected chi connectivity index (χ3v) is 3.74. The molecule has 0 radical (unpaired) electrons. The van der Waals surface area contributed by atoms with Crippen LogP contribution in [0.4, 0.5) is 0 Å². The molecule has 1 heterocycles. The molecule has 1 aromatic carbocycles. The first-order chi connectivity index (χ1) is 7.86. The van der Waals surface area contributed by atoms with Crippen molar-refractivity contribution in [1.82, 2.24) is 15.0 Å². The van der Waals surface area contributed by atoms with Gasteiger partial charge in [-0.2, -0.15) is 15.0 Å². The van der Waals surface area contributed by atoms with Gasteiger partial charge in [-0.1, -0.05) is 15.9 Å². The summed E-state index contributed by atoms with van der Waals surface area (Å²) in [5.41, 5.74) is 1.35. The predicted octanol–water partition coefficient (Wildman–Crippen LogP) is 1.65. The molecule has 0 saturated heterocycles. The van der Waals surface area contributed by atoms with Gasteiger partial charge in [0.25, 0.3) is 0 Å². The van der Waals surface area contributed by atoms with E-state index in [0.29, 0.717) is 15.7 Å². The lowest BCUT2D eigenvalue weighted by Gasteiger charge is -2.03. The van der Waals surface area contributed by atoms with Crippen molar-refractivity contribution in [2.24, 2.45) is 7.05 Å². The molecule has 5 nitrogen and oxygen atoms in total. The van der Waals surface area contributed by atoms with E-state index in [2.05, 4.69) is 26.1 Å². The lowest BCUT2D eigenvalue weighted by molar-refractivity contribution is 0.602. The van der Waals surface area contributed by atoms with Crippen LogP contribution in [0.3, 0.4) is 0 Å². The van der Waals surface area contributed by atoms with Gasteiger partial charge in [0.15, 0.2) is 9.84 Å². The Hall–Kier alpha value is -1.21. The van der Waals surface area contributed by atoms with Gasteiger partial charge in [-0.25, -0.2) is 8.42 Å². The van der Waals surface area contributed by atoms with Crippen molar-refractivity contribution >= 4 is 25.8 Å². The Bertz CT molecular complexity index is 664. The standard InChI is InChI=1S/C10H10BrN3O2S/c1-14-12-6-10(13-14)7-3-8(11)5-9(4-7)17(2,15)16/h3-6H,1-2H3. The van der Waals surface area contributed by atoms with Gasteiger partial charge in [0.2, 0.25) is 0 Å². The summed E-state index contributed by atoms with van der Waals surface area (Å²) in [7, 11) is -1.53. The van der Waals surface area contributed by atoms with Crippen LogP contribution in [0.25, 0.3) is 11.3 Å². The number of aryl methyl sites for hydroxylation is 1. The van der Waals surface area contributed by atoms with Crippen LogP contribution in [0.1, 0.15) is 0 Å². The van der Waals surface area contributed by atoms with Gasteiger partial charge in [0, 0.05) is 23.3 Å². The maximum atomic E-state index is 11.5. The van der Waals surface area contributed by atoms with Crippen molar-refractivity contribution in [1.29, 1.82) is 0 Å². The first-order valence-corrected chi connectivity index (χ1v) is 7.42. The number of aromatic nitrogens is 3. The zero-order chi connectivity index (χ0) is 12.6. The van der Waals surface area contributed by atoms with Gasteiger partial charge in [-0.05, 0) is 18.2 Å². The normalized spacial score (nSPS) is 11.7. The lowest BCUT2D eigenvalue weighted by atomic mass is 10.2. The van der Waals surface area contributed by atoms with E-state index in [1.165, 1.54) is 11.1 Å². The monoisotopic (exact) mass is 315 g/mol. The van der Waals surface area contributed by atoms with Crippen molar-refractivity contribution in [3.05, 3.63) is 28.9 Å². The molecule has 2 rings (SSSR count). The minimum Gasteiger partial charge on any atom is -0.224 e. The van der Waals surface area contributed by atoms with E-state index in [1.807, 2.05) is 0 Å². The molecule has 17 heavy (non-hydrogen) atoms. The number of halogens is 1. The third-order valence-electron chi connectivity index (χ3n) is 2.19. The number of benzene rings is 1. The fourth-order valence-corrected chi connectivity index (χ4v) is 2.73. The van der Waals surface area contributed by atoms with Crippen molar-refractivity contribution in [3.8, 4) is 11.3 Å². The Morgan fingerprint density at radius 2 is 2.00 bits per heavy atom. The Balaban J connectivity index is 2.60. The highest BCUT2D eigenvalue weighted by molar-refractivity contribution is 9.10. The van der Waals surface area contributed by atoms with E-state index >= 15 is 0 Å². The number of sulfone groups is 1. The molecule has 0 aliphatic carbocycles. The summed E-state index contributed by atoms with van der Waals surface area (Å²) >= 11 is 3.29. The van der Waals surface area contributed by atoms with E-state index in [9.17, 15) is 8.42 Å². The smallest absolute Gasteiger partial charge is 0.175 e. The molecule has 0 atom stereocenters. The van der Waals surface area contributed by atoms with Crippen LogP contribution < -0.4 is 0 Å². The molecule has 90 valence electrons. The van der Waals surface area contributed by atoms with Gasteiger partial charge < -0.3 is 0 Å². The average Bonchev–Trinajstić information content (AvgIpc) is 2.62. The molecule has 0 bridgehead atoms. The molecular weight excluding hydrogens is 306 g/mol. The molecule has 0 spiro atoms. The van der Waals surface area contributed by atoms with E-state index in [1.54, 1.807) is 31.4 Å². The molecule has 0 amide bonds. The SMILES string of the molecule is Cn1ncc(-c2cc(Br)cc(S(C)(=O)=O)c2)n1. The number of hydrogen-bond acceptors (Lipinski definition) is 4. The number of hydrogen-bond donors (Lipinski definition) is 0. The van der Waals surface area contributed by atoms with Crippen molar-refractivity contribution in [2.45, 2.75) is 4.90 Å². The summed E-state index contributed by atoms with van der Waals surface area (Å²) in [5, 5.41) is 8.09. The molecule has 7 heteroatoms. The molecule has 2 aromatic rings. The van der Waals surface area contributed by atoms with Crippen LogP contribution >= 0.6 is 15.9 Å². The predicted molar refractivity (Wildman–Crippen MR) is 67.2 cm³/mol. The minimum atomic E-state index is -3.23. The second-order valence-electron chi connectivity index (χ2n) is 3.67. The van der Waals surface area contributed by atoms with E-state index < -0.39 is 9.84 Å². The quantitative estimate of drug-likeness (QED) is 0.845. The van der Waals surface area contributed by atoms with Crippen LogP contribution in [0.15, 0.2) is 33.8 Å². The van der Waals surface area contributed by atoms with Crippen LogP contribution in [0.5, 0.6) is 0 Å². The fraction of sp³-hybridized carbons (Fsp3) is 0.200. The molecule has 0 unspecified atom stereocenters. The van der Waals surface area contributed by atoms with Gasteiger partial charge in [0.05, 0.1) is 11.1 Å². The molecular formula is C10H10BrN3O2S. The van der Waals surface area contributed by atoms with Crippen molar-refractivity contribution in [2.75, 3.05) is 6.26 Å². The molecule has 0 saturated carbocycles. The Morgan fingerprint density at radius 3 is 2.53 bits per heavy atom. The summed E-state index contributed by atoms with van der Waals surface area (Å²) in [6, 6.07) is 4.96. The van der Waals surface area contributed by atoms with Crippen molar-refractivity contribution in [3.63, 3.8) is 0 Å². The first kappa shape index (κ1) is 12.3. The van der Waals surface area contributed by atoms with Gasteiger partial charge in [-0.3, -0.25) is 0 Å². The molecule has 0 N–H and O–H groups in total. The zero-order valence-electron chi connectivity index (χ0n) is 9.25. The zero-order valence-corrected chi connectivity index (χ0v) is 11.7. The van der Waals surface area contributed by atoms with Crippen molar-refractivity contribution < 1.29 is 8.42 Å². The average molecular weight is 316 g/mol. The Labute approximate surface area is 108 Å². The molecule has 1 aromatic heterocycles. The second-order valence-corrected chi connectivity index (χ2v) is 6.60. The first-order valence-electron chi connectivity index (χ1n) is 4.73. The summed E-state index contributed by atoms with van der Waals surface area (Å²) < 4.78 is 23.7. The minimum absolute atomic E-state index is 0.257. The highest BCUT2D eigenvalue weighted by Crippen LogP contribution is 2.25. The Morgan fingerprint density at radius 1 is 1.29 bits per heavy atom. The summed E-state index contributed by atoms with van der Waals surface area (Å²) in [5.74, 6) is 0. The third kappa shape index (κ3) is 2.73. The van der Waals surface area contributed by atoms with E-state index in [-0.39, 0.29) is 4.90 Å². The van der Waals surface area contributed by atoms with E-state index in [4.69, 9.17) is 0 Å². The Kier molecular flexibility index (Phi) is 3.05. The maximum Gasteiger partial charge on any atom is 0.175 e. The number of rotatable bonds is 2. The van der Waals surface area contributed by atoms with E-state index in [0.717, 1.165) is 0 Å². The molecule has 0 aliphatic heterocycles. The molecule has 0 aliphatic rings. The second kappa shape index (κ2) is 4.23. The van der Waals surface area contributed by atoms with Gasteiger partial charge in [0.1, 0.15) is 5.69 Å². The van der Waals surface area contributed by atoms with Crippen LogP contribution in [0, 0.1) is 0 Å². The van der Waals surface area contributed by atoms with Crippen LogP contribution in [-0.2, 0) is 16.9 Å². The summed E-state index contributed by atoms with van der Waals surface area (Å²) in [6.07, 6.45) is 2.77. The fourth-order valence-electron chi connectivity index (χ4n) is 1.40. The highest BCUT2D eigenvalue weighted by atomic mass is 79.9. The van der Waals surface area contributed by atoms with Crippen LogP contribution in [-0.4, -0.2) is 29.7 Å². The van der Waals surface area contributed by atoms with Crippen LogP contribution in [0.2, 0.25) is 0 Å². The van der Waals surface area contributed by atoms with Gasteiger partial charge in [-0.15, -0.1) is 0 Å². The summed E-state index contributed by atoms with van der Waals surface area (Å²) in [6.45, 7) is 0. The topological polar surface area (TPSA) is 64.8 Å². The number of nitrogens with zero attached hydrogens (tertiary/aromatic N) is 3.